The molecule has 37 heavy (non-hydrogen) atoms. The minimum absolute atomic E-state index is 0.0905. The number of methoxy groups -OCH3 is 2. The molecule has 1 atom stereocenters. The minimum atomic E-state index is -3.94. The molecule has 2 amide bonds. The van der Waals surface area contributed by atoms with Crippen LogP contribution in [0.3, 0.4) is 0 Å². The molecule has 0 aliphatic carbocycles. The van der Waals surface area contributed by atoms with Crippen LogP contribution in [0.15, 0.2) is 36.4 Å². The summed E-state index contributed by atoms with van der Waals surface area (Å²) in [5, 5.41) is 3.47. The van der Waals surface area contributed by atoms with Crippen molar-refractivity contribution in [2.45, 2.75) is 39.3 Å². The number of rotatable bonds is 13. The molecule has 0 saturated heterocycles. The van der Waals surface area contributed by atoms with E-state index in [1.54, 1.807) is 31.2 Å². The van der Waals surface area contributed by atoms with Gasteiger partial charge in [0.25, 0.3) is 0 Å². The highest BCUT2D eigenvalue weighted by atomic mass is 35.5. The number of ether oxygens (including phenoxy) is 2. The van der Waals surface area contributed by atoms with E-state index in [2.05, 4.69) is 5.32 Å². The van der Waals surface area contributed by atoms with Crippen molar-refractivity contribution >= 4 is 50.7 Å². The van der Waals surface area contributed by atoms with E-state index in [0.717, 1.165) is 10.6 Å². The van der Waals surface area contributed by atoms with Gasteiger partial charge in [0.1, 0.15) is 24.1 Å². The first-order valence-electron chi connectivity index (χ1n) is 11.7. The number of benzene rings is 2. The maximum atomic E-state index is 13.8. The van der Waals surface area contributed by atoms with E-state index in [-0.39, 0.29) is 30.3 Å². The Morgan fingerprint density at radius 2 is 1.70 bits per heavy atom. The quantitative estimate of drug-likeness (QED) is 0.386. The first kappa shape index (κ1) is 30.5. The second-order valence-electron chi connectivity index (χ2n) is 8.24. The van der Waals surface area contributed by atoms with Gasteiger partial charge in [-0.25, -0.2) is 8.42 Å². The fourth-order valence-corrected chi connectivity index (χ4v) is 5.10. The van der Waals surface area contributed by atoms with Gasteiger partial charge in [-0.2, -0.15) is 0 Å². The lowest BCUT2D eigenvalue weighted by atomic mass is 10.1. The summed E-state index contributed by atoms with van der Waals surface area (Å²) in [7, 11) is -1.09. The predicted molar refractivity (Wildman–Crippen MR) is 146 cm³/mol. The predicted octanol–water partition coefficient (Wildman–Crippen LogP) is 4.11. The van der Waals surface area contributed by atoms with E-state index < -0.39 is 28.5 Å². The van der Waals surface area contributed by atoms with Crippen LogP contribution < -0.4 is 19.1 Å². The van der Waals surface area contributed by atoms with Crippen LogP contribution in [0.5, 0.6) is 11.5 Å². The number of nitrogens with one attached hydrogen (secondary N) is 1. The Morgan fingerprint density at radius 1 is 1.05 bits per heavy atom. The van der Waals surface area contributed by atoms with Crippen LogP contribution >= 0.6 is 23.2 Å². The lowest BCUT2D eigenvalue weighted by molar-refractivity contribution is -0.140. The van der Waals surface area contributed by atoms with Gasteiger partial charge in [0, 0.05) is 34.8 Å². The van der Waals surface area contributed by atoms with Gasteiger partial charge < -0.3 is 19.7 Å². The Morgan fingerprint density at radius 3 is 2.22 bits per heavy atom. The fraction of sp³-hybridized carbons (Fsp3) is 0.440. The smallest absolute Gasteiger partial charge is 0.244 e. The van der Waals surface area contributed by atoms with E-state index in [0.29, 0.717) is 34.3 Å². The van der Waals surface area contributed by atoms with Crippen molar-refractivity contribution in [2.75, 3.05) is 37.9 Å². The number of halogens is 2. The Bertz CT molecular complexity index is 1190. The third-order valence-electron chi connectivity index (χ3n) is 5.66. The van der Waals surface area contributed by atoms with E-state index in [9.17, 15) is 18.0 Å². The van der Waals surface area contributed by atoms with Gasteiger partial charge in [0.2, 0.25) is 21.8 Å². The van der Waals surface area contributed by atoms with Crippen molar-refractivity contribution in [2.24, 2.45) is 0 Å². The molecule has 0 spiro atoms. The molecule has 0 heterocycles. The molecule has 12 heteroatoms. The highest BCUT2D eigenvalue weighted by molar-refractivity contribution is 7.92. The molecule has 2 rings (SSSR count). The molecule has 2 aromatic carbocycles. The summed E-state index contributed by atoms with van der Waals surface area (Å²) < 4.78 is 37.2. The van der Waals surface area contributed by atoms with Crippen molar-refractivity contribution < 1.29 is 27.5 Å². The van der Waals surface area contributed by atoms with Crippen LogP contribution in [0.1, 0.15) is 32.3 Å². The largest absolute Gasteiger partial charge is 0.497 e. The molecule has 0 unspecified atom stereocenters. The summed E-state index contributed by atoms with van der Waals surface area (Å²) >= 11 is 12.7. The average Bonchev–Trinajstić information content (AvgIpc) is 2.86. The molecule has 0 aromatic heterocycles. The number of hydrogen-bond donors (Lipinski definition) is 1. The minimum Gasteiger partial charge on any atom is -0.497 e. The van der Waals surface area contributed by atoms with Crippen LogP contribution in [-0.4, -0.2) is 64.7 Å². The zero-order chi connectivity index (χ0) is 27.8. The van der Waals surface area contributed by atoms with Crippen LogP contribution in [0.25, 0.3) is 0 Å². The van der Waals surface area contributed by atoms with Crippen molar-refractivity contribution in [1.29, 1.82) is 0 Å². The number of nitrogens with zero attached hydrogens (tertiary/aromatic N) is 2. The van der Waals surface area contributed by atoms with Gasteiger partial charge in [-0.3, -0.25) is 13.9 Å². The molecule has 0 aliphatic rings. The van der Waals surface area contributed by atoms with Crippen molar-refractivity contribution in [3.63, 3.8) is 0 Å². The molecule has 2 aromatic rings. The average molecular weight is 575 g/mol. The monoisotopic (exact) mass is 573 g/mol. The Balaban J connectivity index is 2.55. The molecule has 0 saturated carbocycles. The lowest BCUT2D eigenvalue weighted by Gasteiger charge is -2.33. The molecule has 204 valence electrons. The third-order valence-corrected chi connectivity index (χ3v) is 7.49. The SMILES string of the molecule is CCCNC(=O)[C@@H](CC)N(Cc1c(Cl)cccc1Cl)C(=O)CN(c1ccc(OC)cc1OC)S(C)(=O)=O. The molecule has 0 fully saturated rings. The maximum Gasteiger partial charge on any atom is 0.244 e. The Labute approximate surface area is 228 Å². The maximum absolute atomic E-state index is 13.8. The van der Waals surface area contributed by atoms with Gasteiger partial charge in [-0.05, 0) is 37.1 Å². The first-order valence-corrected chi connectivity index (χ1v) is 14.3. The van der Waals surface area contributed by atoms with E-state index >= 15 is 0 Å². The highest BCUT2D eigenvalue weighted by Gasteiger charge is 2.33. The molecular weight excluding hydrogens is 541 g/mol. The summed E-state index contributed by atoms with van der Waals surface area (Å²) in [4.78, 5) is 28.1. The third kappa shape index (κ3) is 7.90. The van der Waals surface area contributed by atoms with E-state index in [1.807, 2.05) is 6.92 Å². The Kier molecular flexibility index (Phi) is 11.3. The second-order valence-corrected chi connectivity index (χ2v) is 11.0. The summed E-state index contributed by atoms with van der Waals surface area (Å²) in [5.41, 5.74) is 0.604. The summed E-state index contributed by atoms with van der Waals surface area (Å²) in [6, 6.07) is 8.63. The van der Waals surface area contributed by atoms with Crippen LogP contribution in [0.2, 0.25) is 10.0 Å². The second kappa shape index (κ2) is 13.7. The number of anilines is 1. The number of carbonyl (C=O) groups is 2. The standard InChI is InChI=1S/C25H33Cl2N3O6S/c1-6-13-28-25(32)21(7-2)29(15-18-19(26)9-8-10-20(18)27)24(31)16-30(37(5,33)34)22-12-11-17(35-3)14-23(22)36-4/h8-12,14,21H,6-7,13,15-16H2,1-5H3,(H,28,32)/t21-/m1/s1. The molecular formula is C25H33Cl2N3O6S. The van der Waals surface area contributed by atoms with Gasteiger partial charge >= 0.3 is 0 Å². The van der Waals surface area contributed by atoms with Crippen LogP contribution in [0, 0.1) is 0 Å². The normalized spacial score (nSPS) is 12.0. The number of sulfonamides is 1. The van der Waals surface area contributed by atoms with Gasteiger partial charge in [0.15, 0.2) is 0 Å². The summed E-state index contributed by atoms with van der Waals surface area (Å²) in [6.45, 7) is 3.45. The van der Waals surface area contributed by atoms with Crippen molar-refractivity contribution in [3.05, 3.63) is 52.0 Å². The molecule has 9 nitrogen and oxygen atoms in total. The van der Waals surface area contributed by atoms with Gasteiger partial charge in [-0.1, -0.05) is 43.1 Å². The van der Waals surface area contributed by atoms with Crippen molar-refractivity contribution in [3.8, 4) is 11.5 Å². The lowest BCUT2D eigenvalue weighted by Crippen LogP contribution is -2.52. The number of amides is 2. The molecule has 0 bridgehead atoms. The summed E-state index contributed by atoms with van der Waals surface area (Å²) in [5.74, 6) is -0.313. The molecule has 0 aliphatic heterocycles. The van der Waals surface area contributed by atoms with E-state index in [1.165, 1.54) is 31.3 Å². The Hall–Kier alpha value is -2.69. The molecule has 1 N–H and O–H groups in total. The van der Waals surface area contributed by atoms with Gasteiger partial charge in [-0.15, -0.1) is 0 Å². The van der Waals surface area contributed by atoms with E-state index in [4.69, 9.17) is 32.7 Å². The summed E-state index contributed by atoms with van der Waals surface area (Å²) in [6.07, 6.45) is 1.99. The zero-order valence-corrected chi connectivity index (χ0v) is 23.9. The first-order chi connectivity index (χ1) is 17.5. The molecule has 0 radical (unpaired) electrons. The zero-order valence-electron chi connectivity index (χ0n) is 21.6. The van der Waals surface area contributed by atoms with Gasteiger partial charge in [0.05, 0.1) is 26.2 Å². The number of carbonyl (C=O) groups excluding carboxylic acids is 2. The fourth-order valence-electron chi connectivity index (χ4n) is 3.72. The highest BCUT2D eigenvalue weighted by Crippen LogP contribution is 2.34. The number of hydrogen-bond acceptors (Lipinski definition) is 6. The van der Waals surface area contributed by atoms with Crippen LogP contribution in [-0.2, 0) is 26.2 Å². The van der Waals surface area contributed by atoms with Crippen molar-refractivity contribution in [1.82, 2.24) is 10.2 Å². The topological polar surface area (TPSA) is 105 Å². The van der Waals surface area contributed by atoms with Crippen LogP contribution in [0.4, 0.5) is 5.69 Å².